The zero-order chi connectivity index (χ0) is 8.97. The molecule has 0 fully saturated rings. The Morgan fingerprint density at radius 1 is 1.42 bits per heavy atom. The van der Waals surface area contributed by atoms with Gasteiger partial charge in [-0.25, -0.2) is 0 Å². The first-order valence-electron chi connectivity index (χ1n) is 4.15. The van der Waals surface area contributed by atoms with Crippen LogP contribution in [0.1, 0.15) is 20.3 Å². The first kappa shape index (κ1) is 9.59. The van der Waals surface area contributed by atoms with E-state index in [-0.39, 0.29) is 6.10 Å². The second-order valence-corrected chi connectivity index (χ2v) is 3.62. The van der Waals surface area contributed by atoms with Gasteiger partial charge in [0.05, 0.1) is 10.6 Å². The predicted molar refractivity (Wildman–Crippen MR) is 54.5 cm³/mol. The fraction of sp³-hybridized carbons (Fsp3) is 0.400. The highest BCUT2D eigenvalue weighted by Crippen LogP contribution is 2.25. The molecule has 0 aliphatic heterocycles. The highest BCUT2D eigenvalue weighted by Gasteiger charge is 2.03. The van der Waals surface area contributed by atoms with E-state index in [1.165, 1.54) is 0 Å². The summed E-state index contributed by atoms with van der Waals surface area (Å²) in [6, 6.07) is 7.91. The van der Waals surface area contributed by atoms with Gasteiger partial charge in [0.1, 0.15) is 5.75 Å². The van der Waals surface area contributed by atoms with Gasteiger partial charge in [-0.05, 0) is 41.4 Å². The average molecular weight is 229 g/mol. The third-order valence-electron chi connectivity index (χ3n) is 1.74. The fourth-order valence-corrected chi connectivity index (χ4v) is 1.22. The smallest absolute Gasteiger partial charge is 0.133 e. The largest absolute Gasteiger partial charge is 0.490 e. The summed E-state index contributed by atoms with van der Waals surface area (Å²) in [7, 11) is 0. The summed E-state index contributed by atoms with van der Waals surface area (Å²) in [5, 5.41) is 0. The van der Waals surface area contributed by atoms with Crippen molar-refractivity contribution in [2.24, 2.45) is 0 Å². The van der Waals surface area contributed by atoms with Crippen LogP contribution in [0, 0.1) is 0 Å². The zero-order valence-electron chi connectivity index (χ0n) is 7.38. The highest BCUT2D eigenvalue weighted by atomic mass is 79.9. The van der Waals surface area contributed by atoms with E-state index in [1.807, 2.05) is 24.3 Å². The minimum atomic E-state index is 0.281. The van der Waals surface area contributed by atoms with Crippen molar-refractivity contribution in [3.05, 3.63) is 28.7 Å². The van der Waals surface area contributed by atoms with Gasteiger partial charge < -0.3 is 4.74 Å². The molecule has 0 saturated heterocycles. The molecular formula is C10H13BrO. The third-order valence-corrected chi connectivity index (χ3v) is 2.39. The van der Waals surface area contributed by atoms with E-state index in [0.717, 1.165) is 16.6 Å². The maximum Gasteiger partial charge on any atom is 0.133 e. The second-order valence-electron chi connectivity index (χ2n) is 2.77. The van der Waals surface area contributed by atoms with E-state index in [0.29, 0.717) is 0 Å². The summed E-state index contributed by atoms with van der Waals surface area (Å²) < 4.78 is 6.67. The lowest BCUT2D eigenvalue weighted by molar-refractivity contribution is 0.216. The Labute approximate surface area is 81.9 Å². The van der Waals surface area contributed by atoms with E-state index >= 15 is 0 Å². The van der Waals surface area contributed by atoms with Crippen LogP contribution in [0.15, 0.2) is 28.7 Å². The van der Waals surface area contributed by atoms with Gasteiger partial charge in [0.15, 0.2) is 0 Å². The van der Waals surface area contributed by atoms with Crippen LogP contribution < -0.4 is 4.74 Å². The molecule has 1 unspecified atom stereocenters. The van der Waals surface area contributed by atoms with Gasteiger partial charge in [0.2, 0.25) is 0 Å². The molecule has 0 heterocycles. The normalized spacial score (nSPS) is 12.6. The topological polar surface area (TPSA) is 9.23 Å². The Morgan fingerprint density at radius 3 is 2.67 bits per heavy atom. The number of hydrogen-bond acceptors (Lipinski definition) is 1. The molecule has 0 spiro atoms. The summed E-state index contributed by atoms with van der Waals surface area (Å²) in [5.41, 5.74) is 0. The number of halogens is 1. The summed E-state index contributed by atoms with van der Waals surface area (Å²) in [6.45, 7) is 4.18. The molecule has 2 heteroatoms. The summed E-state index contributed by atoms with van der Waals surface area (Å²) >= 11 is 3.43. The Balaban J connectivity index is 2.69. The van der Waals surface area contributed by atoms with Crippen LogP contribution in [0.4, 0.5) is 0 Å². The lowest BCUT2D eigenvalue weighted by atomic mass is 10.3. The van der Waals surface area contributed by atoms with Crippen molar-refractivity contribution in [3.8, 4) is 5.75 Å². The molecule has 0 aromatic heterocycles. The maximum absolute atomic E-state index is 5.65. The first-order valence-corrected chi connectivity index (χ1v) is 4.94. The number of benzene rings is 1. The van der Waals surface area contributed by atoms with Crippen LogP contribution in [-0.2, 0) is 0 Å². The third kappa shape index (κ3) is 2.52. The van der Waals surface area contributed by atoms with Crippen molar-refractivity contribution in [3.63, 3.8) is 0 Å². The van der Waals surface area contributed by atoms with E-state index in [1.54, 1.807) is 0 Å². The van der Waals surface area contributed by atoms with Crippen LogP contribution in [0.25, 0.3) is 0 Å². The molecule has 0 radical (unpaired) electrons. The Morgan fingerprint density at radius 2 is 2.08 bits per heavy atom. The SMILES string of the molecule is CCC(C)Oc1ccccc1Br. The summed E-state index contributed by atoms with van der Waals surface area (Å²) in [4.78, 5) is 0. The standard InChI is InChI=1S/C10H13BrO/c1-3-8(2)12-10-7-5-4-6-9(10)11/h4-8H,3H2,1-2H3. The van der Waals surface area contributed by atoms with Crippen LogP contribution in [0.5, 0.6) is 5.75 Å². The molecule has 66 valence electrons. The quantitative estimate of drug-likeness (QED) is 0.768. The van der Waals surface area contributed by atoms with E-state index in [2.05, 4.69) is 29.8 Å². The maximum atomic E-state index is 5.65. The molecule has 0 saturated carbocycles. The predicted octanol–water partition coefficient (Wildman–Crippen LogP) is 3.63. The molecule has 0 N–H and O–H groups in total. The van der Waals surface area contributed by atoms with Gasteiger partial charge >= 0.3 is 0 Å². The molecular weight excluding hydrogens is 216 g/mol. The van der Waals surface area contributed by atoms with Crippen LogP contribution in [0.2, 0.25) is 0 Å². The van der Waals surface area contributed by atoms with Crippen molar-refractivity contribution in [1.29, 1.82) is 0 Å². The lowest BCUT2D eigenvalue weighted by Crippen LogP contribution is -2.09. The molecule has 1 aromatic carbocycles. The highest BCUT2D eigenvalue weighted by molar-refractivity contribution is 9.10. The minimum absolute atomic E-state index is 0.281. The van der Waals surface area contributed by atoms with Gasteiger partial charge in [-0.3, -0.25) is 0 Å². The van der Waals surface area contributed by atoms with E-state index < -0.39 is 0 Å². The Bertz CT molecular complexity index is 247. The first-order chi connectivity index (χ1) is 5.74. The molecule has 1 nitrogen and oxygen atoms in total. The van der Waals surface area contributed by atoms with Crippen molar-refractivity contribution in [2.45, 2.75) is 26.4 Å². The van der Waals surface area contributed by atoms with Gasteiger partial charge in [0.25, 0.3) is 0 Å². The van der Waals surface area contributed by atoms with Crippen molar-refractivity contribution in [2.75, 3.05) is 0 Å². The number of hydrogen-bond donors (Lipinski definition) is 0. The number of ether oxygens (including phenoxy) is 1. The van der Waals surface area contributed by atoms with Gasteiger partial charge in [-0.1, -0.05) is 19.1 Å². The average Bonchev–Trinajstić information content (AvgIpc) is 2.09. The minimum Gasteiger partial charge on any atom is -0.490 e. The van der Waals surface area contributed by atoms with Crippen LogP contribution in [-0.4, -0.2) is 6.10 Å². The summed E-state index contributed by atoms with van der Waals surface area (Å²) in [6.07, 6.45) is 1.31. The van der Waals surface area contributed by atoms with E-state index in [9.17, 15) is 0 Å². The molecule has 0 aliphatic rings. The Hall–Kier alpha value is -0.500. The number of para-hydroxylation sites is 1. The molecule has 1 atom stereocenters. The Kier molecular flexibility index (Phi) is 3.60. The molecule has 1 aromatic rings. The van der Waals surface area contributed by atoms with Gasteiger partial charge in [-0.15, -0.1) is 0 Å². The van der Waals surface area contributed by atoms with E-state index in [4.69, 9.17) is 4.74 Å². The molecule has 0 bridgehead atoms. The molecule has 12 heavy (non-hydrogen) atoms. The molecule has 1 rings (SSSR count). The van der Waals surface area contributed by atoms with Gasteiger partial charge in [-0.2, -0.15) is 0 Å². The second kappa shape index (κ2) is 4.51. The molecule has 0 amide bonds. The zero-order valence-corrected chi connectivity index (χ0v) is 8.97. The summed E-state index contributed by atoms with van der Waals surface area (Å²) in [5.74, 6) is 0.923. The van der Waals surface area contributed by atoms with Crippen LogP contribution >= 0.6 is 15.9 Å². The van der Waals surface area contributed by atoms with Gasteiger partial charge in [0, 0.05) is 0 Å². The monoisotopic (exact) mass is 228 g/mol. The van der Waals surface area contributed by atoms with Crippen molar-refractivity contribution >= 4 is 15.9 Å². The molecule has 0 aliphatic carbocycles. The number of rotatable bonds is 3. The lowest BCUT2D eigenvalue weighted by Gasteiger charge is -2.13. The van der Waals surface area contributed by atoms with Crippen molar-refractivity contribution in [1.82, 2.24) is 0 Å². The fourth-order valence-electron chi connectivity index (χ4n) is 0.840. The van der Waals surface area contributed by atoms with Crippen LogP contribution in [0.3, 0.4) is 0 Å². The van der Waals surface area contributed by atoms with Crippen molar-refractivity contribution < 1.29 is 4.74 Å².